The van der Waals surface area contributed by atoms with Crippen molar-refractivity contribution in [2.75, 3.05) is 13.2 Å². The number of benzene rings is 5. The van der Waals surface area contributed by atoms with Gasteiger partial charge in [-0.05, 0) is 169 Å². The number of carboxylic acids is 1. The van der Waals surface area contributed by atoms with E-state index in [-0.39, 0.29) is 51.2 Å². The first-order valence-electron chi connectivity index (χ1n) is 25.8. The number of hydrogen-bond acceptors (Lipinski definition) is 14. The highest BCUT2D eigenvalue weighted by molar-refractivity contribution is 7.87. The molecule has 6 saturated carbocycles. The molecular weight excluding hydrogens is 1090 g/mol. The lowest BCUT2D eigenvalue weighted by atomic mass is 9.44. The van der Waals surface area contributed by atoms with Crippen molar-refractivity contribution in [1.82, 2.24) is 5.32 Å². The SMILES string of the molecule is CC1(C)[C@H]2C[C@H](CCO)[C@@H](N)[C@@H]1C2.CC1(C)[C@H]2C[C@H](CCO)[C@@H](NC(=O)c3csc4ccc(OS(=O)(=O)c5ccccc5)cc34)[C@@H]1C2.O=C(Cl)c1csc2ccc(OS(=O)(=O)c3ccccc3)cc12.O=C(O)c1ccccc1. The minimum Gasteiger partial charge on any atom is -0.478 e. The summed E-state index contributed by atoms with van der Waals surface area (Å²) in [6.45, 7) is 9.67. The second-order valence-electron chi connectivity index (χ2n) is 21.6. The van der Waals surface area contributed by atoms with E-state index in [2.05, 4.69) is 33.0 Å². The molecule has 414 valence electrons. The number of aliphatic hydroxyl groups excluding tert-OH is 2. The van der Waals surface area contributed by atoms with Crippen LogP contribution in [0.25, 0.3) is 20.2 Å². The Balaban J connectivity index is 0.000000155. The van der Waals surface area contributed by atoms with E-state index in [1.165, 1.54) is 65.8 Å². The van der Waals surface area contributed by atoms with Crippen LogP contribution < -0.4 is 19.4 Å². The Kier molecular flexibility index (Phi) is 18.2. The lowest BCUT2D eigenvalue weighted by Crippen LogP contribution is -2.63. The molecule has 2 heterocycles. The zero-order valence-electron chi connectivity index (χ0n) is 43.7. The molecule has 2 aromatic heterocycles. The van der Waals surface area contributed by atoms with Gasteiger partial charge in [-0.1, -0.05) is 82.3 Å². The van der Waals surface area contributed by atoms with E-state index in [0.29, 0.717) is 75.6 Å². The van der Waals surface area contributed by atoms with Crippen LogP contribution in [-0.4, -0.2) is 74.6 Å². The van der Waals surface area contributed by atoms with Gasteiger partial charge in [-0.25, -0.2) is 4.79 Å². The maximum Gasteiger partial charge on any atom is 0.339 e. The Hall–Kier alpha value is -5.70. The van der Waals surface area contributed by atoms with E-state index < -0.39 is 31.4 Å². The van der Waals surface area contributed by atoms with Crippen LogP contribution in [0, 0.1) is 46.3 Å². The number of aliphatic hydroxyl groups is 2. The predicted octanol–water partition coefficient (Wildman–Crippen LogP) is 11.6. The molecule has 8 atom stereocenters. The van der Waals surface area contributed by atoms with Crippen molar-refractivity contribution in [1.29, 1.82) is 0 Å². The van der Waals surface area contributed by atoms with E-state index in [0.717, 1.165) is 34.6 Å². The number of carbonyl (C=O) groups is 3. The van der Waals surface area contributed by atoms with Gasteiger partial charge in [-0.2, -0.15) is 16.8 Å². The van der Waals surface area contributed by atoms with Crippen LogP contribution in [0.15, 0.2) is 148 Å². The van der Waals surface area contributed by atoms with E-state index in [1.807, 2.05) is 5.38 Å². The van der Waals surface area contributed by atoms with Gasteiger partial charge in [0.25, 0.3) is 11.1 Å². The largest absolute Gasteiger partial charge is 0.478 e. The van der Waals surface area contributed by atoms with Gasteiger partial charge in [0, 0.05) is 56.2 Å². The third-order valence-corrected chi connectivity index (χ3v) is 21.2. The molecule has 0 spiro atoms. The van der Waals surface area contributed by atoms with E-state index in [9.17, 15) is 36.3 Å². The molecule has 0 unspecified atom stereocenters. The number of nitrogens with two attached hydrogens (primary N) is 1. The molecule has 6 aliphatic carbocycles. The summed E-state index contributed by atoms with van der Waals surface area (Å²) in [7, 11) is -7.88. The summed E-state index contributed by atoms with van der Waals surface area (Å²) in [6.07, 6.45) is 6.30. The fraction of sp³-hybridized carbons (Fsp3) is 0.373. The number of nitrogens with one attached hydrogen (secondary N) is 1. The highest BCUT2D eigenvalue weighted by Gasteiger charge is 2.58. The highest BCUT2D eigenvalue weighted by atomic mass is 35.5. The van der Waals surface area contributed by atoms with Crippen molar-refractivity contribution < 1.29 is 54.9 Å². The lowest BCUT2D eigenvalue weighted by molar-refractivity contribution is -0.114. The summed E-state index contributed by atoms with van der Waals surface area (Å²) in [6, 6.07) is 34.2. The molecule has 6 fully saturated rings. The second-order valence-corrected chi connectivity index (χ2v) is 26.8. The van der Waals surface area contributed by atoms with Crippen molar-refractivity contribution >= 4 is 91.8 Å². The molecule has 1 amide bonds. The normalized spacial score (nSPS) is 23.2. The van der Waals surface area contributed by atoms with Crippen LogP contribution in [-0.2, 0) is 20.2 Å². The molecular formula is C59H65ClN2O12S4. The van der Waals surface area contributed by atoms with Gasteiger partial charge in [-0.3, -0.25) is 9.59 Å². The van der Waals surface area contributed by atoms with Crippen molar-refractivity contribution in [3.05, 3.63) is 155 Å². The van der Waals surface area contributed by atoms with E-state index >= 15 is 0 Å². The summed E-state index contributed by atoms with van der Waals surface area (Å²) < 4.78 is 61.8. The first-order chi connectivity index (χ1) is 37.0. The maximum atomic E-state index is 13.4. The molecule has 14 nitrogen and oxygen atoms in total. The number of thiophene rings is 2. The minimum absolute atomic E-state index is 0.0208. The molecule has 5 aromatic carbocycles. The van der Waals surface area contributed by atoms with Gasteiger partial charge in [0.05, 0.1) is 16.7 Å². The molecule has 78 heavy (non-hydrogen) atoms. The average molecular weight is 1160 g/mol. The average Bonchev–Trinajstić information content (AvgIpc) is 4.19. The third kappa shape index (κ3) is 12.8. The Bertz CT molecular complexity index is 3460. The molecule has 0 saturated heterocycles. The summed E-state index contributed by atoms with van der Waals surface area (Å²) in [4.78, 5) is 35.1. The fourth-order valence-electron chi connectivity index (χ4n) is 11.8. The highest BCUT2D eigenvalue weighted by Crippen LogP contribution is 2.62. The number of amides is 1. The second kappa shape index (κ2) is 24.3. The van der Waals surface area contributed by atoms with Gasteiger partial charge in [0.15, 0.2) is 0 Å². The molecule has 19 heteroatoms. The van der Waals surface area contributed by atoms with Gasteiger partial charge in [-0.15, -0.1) is 22.7 Å². The summed E-state index contributed by atoms with van der Waals surface area (Å²) in [5, 5.41) is 34.2. The fourth-order valence-corrected chi connectivity index (χ4v) is 15.8. The Morgan fingerprint density at radius 2 is 1.06 bits per heavy atom. The van der Waals surface area contributed by atoms with Crippen molar-refractivity contribution in [2.45, 2.75) is 88.1 Å². The summed E-state index contributed by atoms with van der Waals surface area (Å²) >= 11 is 8.31. The Morgan fingerprint density at radius 3 is 1.50 bits per heavy atom. The quantitative estimate of drug-likeness (QED) is 0.0504. The van der Waals surface area contributed by atoms with Crippen LogP contribution in [0.1, 0.15) is 97.3 Å². The number of carboxylic acid groups (broad SMARTS) is 1. The maximum absolute atomic E-state index is 13.4. The molecule has 7 aromatic rings. The number of fused-ring (bicyclic) bond motifs is 6. The molecule has 0 aliphatic heterocycles. The number of carbonyl (C=O) groups excluding carboxylic acids is 2. The van der Waals surface area contributed by atoms with Crippen LogP contribution >= 0.6 is 34.3 Å². The first kappa shape index (κ1) is 58.4. The summed E-state index contributed by atoms with van der Waals surface area (Å²) in [5.74, 6) is 2.74. The molecule has 6 aliphatic rings. The van der Waals surface area contributed by atoms with Gasteiger partial charge >= 0.3 is 26.2 Å². The topological polar surface area (TPSA) is 237 Å². The summed E-state index contributed by atoms with van der Waals surface area (Å²) in [5.41, 5.74) is 8.06. The number of aromatic carboxylic acids is 1. The van der Waals surface area contributed by atoms with Gasteiger partial charge < -0.3 is 34.7 Å². The Morgan fingerprint density at radius 1 is 0.628 bits per heavy atom. The minimum atomic E-state index is -3.97. The third-order valence-electron chi connectivity index (χ3n) is 16.6. The number of halogens is 1. The predicted molar refractivity (Wildman–Crippen MR) is 305 cm³/mol. The standard InChI is InChI=1S/C26H29NO5S2.C15H9ClO4S2.C11H21NO.C7H6O2/c1-26(2)17-12-16(10-11-28)24(22(26)13-17)27-25(29)21-15-33-23-9-8-18(14-20(21)23)32-34(30,31)19-6-4-3-5-7-19;16-15(17)13-9-21-14-7-6-10(8-12(13)14)20-22(18,19)11-4-2-1-3-5-11;1-11(2)8-5-7(3-4-13)10(12)9(11)6-8;8-7(9)6-4-2-1-3-5-6/h3-9,14-17,22,24,28H,10-13H2,1-2H3,(H,27,29);1-9H;7-10,13H,3-6,12H2,1-2H3;1-5H,(H,8,9)/t16-,17-,22-,24+;;7-,8-,9-,10+;/m0.0./s1. The number of rotatable bonds is 14. The van der Waals surface area contributed by atoms with Crippen molar-refractivity contribution in [3.8, 4) is 11.5 Å². The van der Waals surface area contributed by atoms with Crippen LogP contribution in [0.4, 0.5) is 0 Å². The van der Waals surface area contributed by atoms with Crippen molar-refractivity contribution in [3.63, 3.8) is 0 Å². The molecule has 6 N–H and O–H groups in total. The molecule has 0 radical (unpaired) electrons. The monoisotopic (exact) mass is 1160 g/mol. The first-order valence-corrected chi connectivity index (χ1v) is 30.8. The van der Waals surface area contributed by atoms with Crippen LogP contribution in [0.3, 0.4) is 0 Å². The van der Waals surface area contributed by atoms with Gasteiger partial charge in [0.2, 0.25) is 0 Å². The van der Waals surface area contributed by atoms with Crippen LogP contribution in [0.2, 0.25) is 0 Å². The van der Waals surface area contributed by atoms with Crippen molar-refractivity contribution in [2.24, 2.45) is 52.1 Å². The van der Waals surface area contributed by atoms with E-state index in [1.54, 1.807) is 102 Å². The van der Waals surface area contributed by atoms with Crippen LogP contribution in [0.5, 0.6) is 11.5 Å². The lowest BCUT2D eigenvalue weighted by Gasteiger charge is -2.62. The Labute approximate surface area is 468 Å². The smallest absolute Gasteiger partial charge is 0.339 e. The zero-order chi connectivity index (χ0) is 56.2. The van der Waals surface area contributed by atoms with Gasteiger partial charge in [0.1, 0.15) is 21.3 Å². The molecule has 13 rings (SSSR count). The molecule has 4 bridgehead atoms. The van der Waals surface area contributed by atoms with E-state index in [4.69, 9.17) is 35.9 Å². The zero-order valence-corrected chi connectivity index (χ0v) is 47.7. The number of hydrogen-bond donors (Lipinski definition) is 5.